The van der Waals surface area contributed by atoms with Gasteiger partial charge < -0.3 is 5.73 Å². The zero-order chi connectivity index (χ0) is 14.8. The van der Waals surface area contributed by atoms with Crippen LogP contribution in [0.1, 0.15) is 11.1 Å². The Morgan fingerprint density at radius 3 is 2.62 bits per heavy atom. The first kappa shape index (κ1) is 13.6. The van der Waals surface area contributed by atoms with E-state index in [0.717, 1.165) is 22.4 Å². The second-order valence-corrected chi connectivity index (χ2v) is 5.29. The molecule has 3 aromatic rings. The Labute approximate surface area is 127 Å². The van der Waals surface area contributed by atoms with E-state index in [4.69, 9.17) is 17.3 Å². The highest BCUT2D eigenvalue weighted by Gasteiger charge is 2.10. The van der Waals surface area contributed by atoms with E-state index in [1.54, 1.807) is 4.68 Å². The van der Waals surface area contributed by atoms with Crippen LogP contribution in [0.2, 0.25) is 5.02 Å². The SMILES string of the molecule is Cc1cc(-c2nnnn2Cc2ccc(Cl)cc2)ccc1N. The molecule has 0 saturated heterocycles. The number of nitrogens with zero attached hydrogens (tertiary/aromatic N) is 4. The number of tetrazole rings is 1. The number of hydrogen-bond donors (Lipinski definition) is 1. The largest absolute Gasteiger partial charge is 0.399 e. The van der Waals surface area contributed by atoms with Crippen LogP contribution in [0.3, 0.4) is 0 Å². The van der Waals surface area contributed by atoms with E-state index in [2.05, 4.69) is 15.5 Å². The molecule has 0 atom stereocenters. The third-order valence-electron chi connectivity index (χ3n) is 3.31. The van der Waals surface area contributed by atoms with Gasteiger partial charge in [0.2, 0.25) is 0 Å². The van der Waals surface area contributed by atoms with Crippen LogP contribution >= 0.6 is 11.6 Å². The normalized spacial score (nSPS) is 10.8. The number of hydrogen-bond acceptors (Lipinski definition) is 4. The van der Waals surface area contributed by atoms with Crippen molar-refractivity contribution in [3.05, 3.63) is 58.6 Å². The Balaban J connectivity index is 1.93. The molecule has 0 unspecified atom stereocenters. The summed E-state index contributed by atoms with van der Waals surface area (Å²) in [6, 6.07) is 13.4. The quantitative estimate of drug-likeness (QED) is 0.755. The van der Waals surface area contributed by atoms with Crippen LogP contribution in [-0.4, -0.2) is 20.2 Å². The minimum Gasteiger partial charge on any atom is -0.399 e. The lowest BCUT2D eigenvalue weighted by atomic mass is 10.1. The van der Waals surface area contributed by atoms with Gasteiger partial charge in [0.15, 0.2) is 5.82 Å². The van der Waals surface area contributed by atoms with E-state index in [1.165, 1.54) is 0 Å². The van der Waals surface area contributed by atoms with Gasteiger partial charge in [-0.3, -0.25) is 0 Å². The lowest BCUT2D eigenvalue weighted by Crippen LogP contribution is -2.04. The molecular formula is C15H14ClN5. The molecule has 21 heavy (non-hydrogen) atoms. The number of anilines is 1. The van der Waals surface area contributed by atoms with Gasteiger partial charge in [-0.15, -0.1) is 5.10 Å². The van der Waals surface area contributed by atoms with Crippen molar-refractivity contribution >= 4 is 17.3 Å². The van der Waals surface area contributed by atoms with E-state index in [0.29, 0.717) is 17.4 Å². The van der Waals surface area contributed by atoms with Crippen molar-refractivity contribution in [1.82, 2.24) is 20.2 Å². The molecule has 0 spiro atoms. The summed E-state index contributed by atoms with van der Waals surface area (Å²) in [6.45, 7) is 2.55. The summed E-state index contributed by atoms with van der Waals surface area (Å²) in [5, 5.41) is 12.6. The maximum Gasteiger partial charge on any atom is 0.182 e. The predicted octanol–water partition coefficient (Wildman–Crippen LogP) is 2.93. The fourth-order valence-corrected chi connectivity index (χ4v) is 2.22. The van der Waals surface area contributed by atoms with Crippen molar-refractivity contribution in [3.8, 4) is 11.4 Å². The van der Waals surface area contributed by atoms with Gasteiger partial charge in [-0.05, 0) is 58.8 Å². The molecule has 6 heteroatoms. The number of nitrogen functional groups attached to an aromatic ring is 1. The molecule has 0 saturated carbocycles. The zero-order valence-corrected chi connectivity index (χ0v) is 12.2. The highest BCUT2D eigenvalue weighted by Crippen LogP contribution is 2.21. The summed E-state index contributed by atoms with van der Waals surface area (Å²) in [5.74, 6) is 0.716. The van der Waals surface area contributed by atoms with E-state index in [1.807, 2.05) is 49.4 Å². The summed E-state index contributed by atoms with van der Waals surface area (Å²) < 4.78 is 1.76. The Bertz CT molecular complexity index is 764. The summed E-state index contributed by atoms with van der Waals surface area (Å²) in [7, 11) is 0. The van der Waals surface area contributed by atoms with Crippen molar-refractivity contribution in [2.75, 3.05) is 5.73 Å². The number of benzene rings is 2. The van der Waals surface area contributed by atoms with Crippen molar-refractivity contribution in [1.29, 1.82) is 0 Å². The van der Waals surface area contributed by atoms with Crippen LogP contribution in [0, 0.1) is 6.92 Å². The van der Waals surface area contributed by atoms with Crippen molar-refractivity contribution < 1.29 is 0 Å². The van der Waals surface area contributed by atoms with E-state index >= 15 is 0 Å². The molecule has 1 heterocycles. The van der Waals surface area contributed by atoms with Gasteiger partial charge in [0.1, 0.15) is 0 Å². The number of rotatable bonds is 3. The molecule has 0 bridgehead atoms. The van der Waals surface area contributed by atoms with Crippen LogP contribution in [0.5, 0.6) is 0 Å². The Morgan fingerprint density at radius 2 is 1.90 bits per heavy atom. The molecule has 106 valence electrons. The standard InChI is InChI=1S/C15H14ClN5/c1-10-8-12(4-7-14(10)17)15-18-19-20-21(15)9-11-2-5-13(16)6-3-11/h2-8H,9,17H2,1H3. The molecule has 2 N–H and O–H groups in total. The maximum atomic E-state index is 5.89. The van der Waals surface area contributed by atoms with Gasteiger partial charge in [-0.1, -0.05) is 23.7 Å². The van der Waals surface area contributed by atoms with Crippen molar-refractivity contribution in [3.63, 3.8) is 0 Å². The first-order valence-electron chi connectivity index (χ1n) is 6.50. The lowest BCUT2D eigenvalue weighted by molar-refractivity contribution is 0.653. The minimum absolute atomic E-state index is 0.586. The average molecular weight is 300 g/mol. The predicted molar refractivity (Wildman–Crippen MR) is 83.0 cm³/mol. The molecule has 3 rings (SSSR count). The first-order chi connectivity index (χ1) is 10.1. The molecule has 0 radical (unpaired) electrons. The van der Waals surface area contributed by atoms with Gasteiger partial charge in [-0.2, -0.15) is 0 Å². The molecule has 0 amide bonds. The van der Waals surface area contributed by atoms with Crippen molar-refractivity contribution in [2.45, 2.75) is 13.5 Å². The van der Waals surface area contributed by atoms with Crippen molar-refractivity contribution in [2.24, 2.45) is 0 Å². The van der Waals surface area contributed by atoms with E-state index < -0.39 is 0 Å². The second kappa shape index (κ2) is 5.54. The van der Waals surface area contributed by atoms with Gasteiger partial charge in [0, 0.05) is 16.3 Å². The average Bonchev–Trinajstić information content (AvgIpc) is 2.92. The summed E-state index contributed by atoms with van der Waals surface area (Å²) >= 11 is 5.89. The molecule has 5 nitrogen and oxygen atoms in total. The fraction of sp³-hybridized carbons (Fsp3) is 0.133. The molecule has 0 aliphatic rings. The molecule has 0 fully saturated rings. The number of nitrogens with two attached hydrogens (primary N) is 1. The monoisotopic (exact) mass is 299 g/mol. The molecule has 2 aromatic carbocycles. The highest BCUT2D eigenvalue weighted by molar-refractivity contribution is 6.30. The van der Waals surface area contributed by atoms with Gasteiger partial charge in [-0.25, -0.2) is 4.68 Å². The molecule has 0 aliphatic heterocycles. The number of aromatic nitrogens is 4. The molecule has 1 aromatic heterocycles. The van der Waals surface area contributed by atoms with Crippen LogP contribution in [0.25, 0.3) is 11.4 Å². The van der Waals surface area contributed by atoms with E-state index in [9.17, 15) is 0 Å². The fourth-order valence-electron chi connectivity index (χ4n) is 2.10. The van der Waals surface area contributed by atoms with Crippen LogP contribution in [0.15, 0.2) is 42.5 Å². The molecule has 0 aliphatic carbocycles. The Hall–Kier alpha value is -2.40. The van der Waals surface area contributed by atoms with Crippen LogP contribution < -0.4 is 5.73 Å². The maximum absolute atomic E-state index is 5.89. The summed E-state index contributed by atoms with van der Waals surface area (Å²) in [5.41, 5.74) is 9.64. The van der Waals surface area contributed by atoms with E-state index in [-0.39, 0.29) is 0 Å². The summed E-state index contributed by atoms with van der Waals surface area (Å²) in [6.07, 6.45) is 0. The Kier molecular flexibility index (Phi) is 3.58. The minimum atomic E-state index is 0.586. The van der Waals surface area contributed by atoms with Gasteiger partial charge in [0.25, 0.3) is 0 Å². The van der Waals surface area contributed by atoms with Gasteiger partial charge >= 0.3 is 0 Å². The third-order valence-corrected chi connectivity index (χ3v) is 3.56. The summed E-state index contributed by atoms with van der Waals surface area (Å²) in [4.78, 5) is 0. The van der Waals surface area contributed by atoms with Crippen LogP contribution in [-0.2, 0) is 6.54 Å². The lowest BCUT2D eigenvalue weighted by Gasteiger charge is -2.07. The van der Waals surface area contributed by atoms with Gasteiger partial charge in [0.05, 0.1) is 6.54 Å². The zero-order valence-electron chi connectivity index (χ0n) is 11.5. The smallest absolute Gasteiger partial charge is 0.182 e. The number of halogens is 1. The Morgan fingerprint density at radius 1 is 1.14 bits per heavy atom. The second-order valence-electron chi connectivity index (χ2n) is 4.86. The number of aryl methyl sites for hydroxylation is 1. The topological polar surface area (TPSA) is 69.6 Å². The third kappa shape index (κ3) is 2.87. The highest BCUT2D eigenvalue weighted by atomic mass is 35.5. The first-order valence-corrected chi connectivity index (χ1v) is 6.88. The van der Waals surface area contributed by atoms with Crippen LogP contribution in [0.4, 0.5) is 5.69 Å². The molecular weight excluding hydrogens is 286 g/mol.